The molecule has 1 N–H and O–H groups in total. The van der Waals surface area contributed by atoms with Gasteiger partial charge in [0.2, 0.25) is 5.91 Å². The van der Waals surface area contributed by atoms with E-state index in [1.165, 1.54) is 4.57 Å². The summed E-state index contributed by atoms with van der Waals surface area (Å²) in [5.41, 5.74) is 0.825. The third-order valence-electron chi connectivity index (χ3n) is 4.18. The van der Waals surface area contributed by atoms with Crippen LogP contribution in [0, 0.1) is 6.92 Å². The van der Waals surface area contributed by atoms with Crippen LogP contribution < -0.4 is 10.9 Å². The fourth-order valence-corrected chi connectivity index (χ4v) is 3.26. The molecule has 3 aromatic rings. The summed E-state index contributed by atoms with van der Waals surface area (Å²) >= 11 is 3.37. The number of amides is 1. The first-order valence-corrected chi connectivity index (χ1v) is 9.47. The molecule has 0 spiro atoms. The van der Waals surface area contributed by atoms with Crippen molar-refractivity contribution in [3.05, 3.63) is 51.1 Å². The Labute approximate surface area is 165 Å². The highest BCUT2D eigenvalue weighted by atomic mass is 79.9. The summed E-state index contributed by atoms with van der Waals surface area (Å²) in [5, 5.41) is 7.62. The lowest BCUT2D eigenvalue weighted by molar-refractivity contribution is -0.116. The minimum atomic E-state index is -0.274. The lowest BCUT2D eigenvalue weighted by Gasteiger charge is -2.20. The van der Waals surface area contributed by atoms with Gasteiger partial charge in [0.25, 0.3) is 5.56 Å². The maximum Gasteiger partial charge on any atom is 0.264 e. The van der Waals surface area contributed by atoms with Gasteiger partial charge in [-0.25, -0.2) is 9.67 Å². The summed E-state index contributed by atoms with van der Waals surface area (Å²) in [4.78, 5) is 29.6. The summed E-state index contributed by atoms with van der Waals surface area (Å²) in [5.74, 6) is 0.402. The lowest BCUT2D eigenvalue weighted by Crippen LogP contribution is -2.28. The Bertz CT molecular complexity index is 1060. The van der Waals surface area contributed by atoms with E-state index in [2.05, 4.69) is 31.3 Å². The lowest BCUT2D eigenvalue weighted by atomic mass is 10.1. The van der Waals surface area contributed by atoms with E-state index in [1.807, 2.05) is 45.0 Å². The van der Waals surface area contributed by atoms with Crippen molar-refractivity contribution in [3.63, 3.8) is 0 Å². The molecule has 142 valence electrons. The van der Waals surface area contributed by atoms with Gasteiger partial charge < -0.3 is 5.32 Å². The number of aromatic nitrogens is 4. The molecule has 1 amide bonds. The molecule has 0 saturated heterocycles. The molecule has 27 heavy (non-hydrogen) atoms. The molecule has 7 nitrogen and oxygen atoms in total. The number of carbonyl (C=O) groups excluding carboxylic acids is 1. The SMILES string of the molecule is Cc1nc2c(cnn2C(C)(C)C)c(=O)n1CCC(=O)Nc1cccc(Br)c1. The first kappa shape index (κ1) is 19.3. The highest BCUT2D eigenvalue weighted by molar-refractivity contribution is 9.10. The number of rotatable bonds is 4. The van der Waals surface area contributed by atoms with E-state index in [0.717, 1.165) is 4.47 Å². The van der Waals surface area contributed by atoms with Gasteiger partial charge >= 0.3 is 0 Å². The third kappa shape index (κ3) is 4.10. The fourth-order valence-electron chi connectivity index (χ4n) is 2.86. The maximum atomic E-state index is 12.8. The van der Waals surface area contributed by atoms with Crippen molar-refractivity contribution >= 4 is 38.6 Å². The number of halogens is 1. The Hall–Kier alpha value is -2.48. The zero-order valence-electron chi connectivity index (χ0n) is 15.8. The summed E-state index contributed by atoms with van der Waals surface area (Å²) in [6.45, 7) is 8.05. The number of nitrogens with zero attached hydrogens (tertiary/aromatic N) is 4. The van der Waals surface area contributed by atoms with Crippen LogP contribution in [-0.4, -0.2) is 25.2 Å². The highest BCUT2D eigenvalue weighted by Crippen LogP contribution is 2.19. The van der Waals surface area contributed by atoms with E-state index < -0.39 is 0 Å². The van der Waals surface area contributed by atoms with Crippen molar-refractivity contribution in [1.29, 1.82) is 0 Å². The van der Waals surface area contributed by atoms with Gasteiger partial charge in [-0.15, -0.1) is 0 Å². The first-order chi connectivity index (χ1) is 12.7. The standard InChI is InChI=1S/C19H22BrN5O2/c1-12-22-17-15(11-21-25(17)19(2,3)4)18(27)24(12)9-8-16(26)23-14-7-5-6-13(20)10-14/h5-7,10-11H,8-9H2,1-4H3,(H,23,26). The van der Waals surface area contributed by atoms with E-state index in [0.29, 0.717) is 22.5 Å². The van der Waals surface area contributed by atoms with E-state index in [9.17, 15) is 9.59 Å². The third-order valence-corrected chi connectivity index (χ3v) is 4.68. The quantitative estimate of drug-likeness (QED) is 0.685. The van der Waals surface area contributed by atoms with Crippen LogP contribution in [0.25, 0.3) is 11.0 Å². The van der Waals surface area contributed by atoms with E-state index in [1.54, 1.807) is 17.8 Å². The van der Waals surface area contributed by atoms with Crippen molar-refractivity contribution in [2.45, 2.75) is 46.2 Å². The van der Waals surface area contributed by atoms with E-state index >= 15 is 0 Å². The Morgan fingerprint density at radius 1 is 1.30 bits per heavy atom. The summed E-state index contributed by atoms with van der Waals surface area (Å²) in [6.07, 6.45) is 1.72. The van der Waals surface area contributed by atoms with Crippen molar-refractivity contribution in [1.82, 2.24) is 19.3 Å². The molecule has 8 heteroatoms. The van der Waals surface area contributed by atoms with Crippen LogP contribution in [-0.2, 0) is 16.9 Å². The zero-order valence-corrected chi connectivity index (χ0v) is 17.4. The van der Waals surface area contributed by atoms with Gasteiger partial charge in [0.05, 0.1) is 11.7 Å². The van der Waals surface area contributed by atoms with Crippen molar-refractivity contribution in [3.8, 4) is 0 Å². The summed E-state index contributed by atoms with van der Waals surface area (Å²) in [7, 11) is 0. The molecule has 0 fully saturated rings. The second kappa shape index (κ2) is 7.26. The molecule has 2 heterocycles. The molecule has 0 unspecified atom stereocenters. The Balaban J connectivity index is 1.81. The molecule has 0 atom stereocenters. The first-order valence-electron chi connectivity index (χ1n) is 8.68. The molecular weight excluding hydrogens is 410 g/mol. The van der Waals surface area contributed by atoms with Gasteiger partial charge in [-0.05, 0) is 45.9 Å². The van der Waals surface area contributed by atoms with Crippen LogP contribution in [0.5, 0.6) is 0 Å². The average Bonchev–Trinajstić information content (AvgIpc) is 2.98. The molecule has 3 rings (SSSR count). The Morgan fingerprint density at radius 2 is 2.04 bits per heavy atom. The Kier molecular flexibility index (Phi) is 5.19. The minimum absolute atomic E-state index is 0.162. The predicted octanol–water partition coefficient (Wildman–Crippen LogP) is 3.45. The smallest absolute Gasteiger partial charge is 0.264 e. The minimum Gasteiger partial charge on any atom is -0.326 e. The maximum absolute atomic E-state index is 12.8. The van der Waals surface area contributed by atoms with Crippen LogP contribution in [0.4, 0.5) is 5.69 Å². The van der Waals surface area contributed by atoms with Crippen LogP contribution in [0.1, 0.15) is 33.0 Å². The molecule has 0 aliphatic carbocycles. The van der Waals surface area contributed by atoms with Crippen LogP contribution in [0.3, 0.4) is 0 Å². The molecule has 0 aliphatic heterocycles. The highest BCUT2D eigenvalue weighted by Gasteiger charge is 2.21. The van der Waals surface area contributed by atoms with Crippen molar-refractivity contribution < 1.29 is 4.79 Å². The topological polar surface area (TPSA) is 81.8 Å². The fraction of sp³-hybridized carbons (Fsp3) is 0.368. The number of fused-ring (bicyclic) bond motifs is 1. The molecule has 0 bridgehead atoms. The second-order valence-corrected chi connectivity index (χ2v) is 8.30. The normalized spacial score (nSPS) is 11.7. The number of hydrogen-bond acceptors (Lipinski definition) is 4. The van der Waals surface area contributed by atoms with Crippen LogP contribution in [0.2, 0.25) is 0 Å². The number of hydrogen-bond donors (Lipinski definition) is 1. The molecule has 0 saturated carbocycles. The molecule has 0 radical (unpaired) electrons. The van der Waals surface area contributed by atoms with Crippen LogP contribution in [0.15, 0.2) is 39.7 Å². The number of anilines is 1. The predicted molar refractivity (Wildman–Crippen MR) is 109 cm³/mol. The number of aryl methyl sites for hydroxylation is 1. The van der Waals surface area contributed by atoms with Gasteiger partial charge in [0.1, 0.15) is 11.2 Å². The molecular formula is C19H22BrN5O2. The van der Waals surface area contributed by atoms with E-state index in [-0.39, 0.29) is 30.0 Å². The van der Waals surface area contributed by atoms with Gasteiger partial charge in [0.15, 0.2) is 5.65 Å². The summed E-state index contributed by atoms with van der Waals surface area (Å²) in [6, 6.07) is 7.37. The number of carbonyl (C=O) groups is 1. The average molecular weight is 432 g/mol. The largest absolute Gasteiger partial charge is 0.326 e. The number of benzene rings is 1. The van der Waals surface area contributed by atoms with Gasteiger partial charge in [-0.3, -0.25) is 14.2 Å². The van der Waals surface area contributed by atoms with Crippen molar-refractivity contribution in [2.24, 2.45) is 0 Å². The molecule has 0 aliphatic rings. The molecule has 1 aromatic carbocycles. The number of nitrogens with one attached hydrogen (secondary N) is 1. The van der Waals surface area contributed by atoms with E-state index in [4.69, 9.17) is 0 Å². The second-order valence-electron chi connectivity index (χ2n) is 7.39. The molecule has 2 aromatic heterocycles. The monoisotopic (exact) mass is 431 g/mol. The zero-order chi connectivity index (χ0) is 19.8. The van der Waals surface area contributed by atoms with Gasteiger partial charge in [0, 0.05) is 23.1 Å². The van der Waals surface area contributed by atoms with Gasteiger partial charge in [-0.1, -0.05) is 22.0 Å². The Morgan fingerprint density at radius 3 is 2.70 bits per heavy atom. The van der Waals surface area contributed by atoms with Crippen molar-refractivity contribution in [2.75, 3.05) is 5.32 Å². The summed E-state index contributed by atoms with van der Waals surface area (Å²) < 4.78 is 4.16. The van der Waals surface area contributed by atoms with Crippen LogP contribution >= 0.6 is 15.9 Å². The van der Waals surface area contributed by atoms with Gasteiger partial charge in [-0.2, -0.15) is 5.10 Å².